The van der Waals surface area contributed by atoms with Gasteiger partial charge in [-0.2, -0.15) is 0 Å². The maximum Gasteiger partial charge on any atom is 0.0446 e. The van der Waals surface area contributed by atoms with Crippen LogP contribution in [-0.2, 0) is 0 Å². The Morgan fingerprint density at radius 2 is 1.55 bits per heavy atom. The molecular formula is C18H32N2. The third-order valence-corrected chi connectivity index (χ3v) is 3.59. The Labute approximate surface area is 125 Å². The third kappa shape index (κ3) is 5.64. The number of rotatable bonds is 6. The van der Waals surface area contributed by atoms with E-state index in [1.165, 1.54) is 11.1 Å². The van der Waals surface area contributed by atoms with Crippen molar-refractivity contribution in [2.75, 3.05) is 27.2 Å². The lowest BCUT2D eigenvalue weighted by atomic mass is 9.95. The van der Waals surface area contributed by atoms with Gasteiger partial charge in [0.15, 0.2) is 0 Å². The monoisotopic (exact) mass is 276 g/mol. The molecule has 0 spiro atoms. The van der Waals surface area contributed by atoms with Gasteiger partial charge in [-0.15, -0.1) is 0 Å². The summed E-state index contributed by atoms with van der Waals surface area (Å²) in [6.07, 6.45) is 0. The first-order valence-corrected chi connectivity index (χ1v) is 7.68. The van der Waals surface area contributed by atoms with Gasteiger partial charge in [-0.25, -0.2) is 0 Å². The van der Waals surface area contributed by atoms with Crippen LogP contribution in [-0.4, -0.2) is 32.1 Å². The lowest BCUT2D eigenvalue weighted by molar-refractivity contribution is 0.210. The number of hydrogen-bond donors (Lipinski definition) is 1. The molecule has 1 atom stereocenters. The molecule has 0 saturated heterocycles. The Morgan fingerprint density at radius 3 is 1.95 bits per heavy atom. The first kappa shape index (κ1) is 17.2. The largest absolute Gasteiger partial charge is 0.312 e. The summed E-state index contributed by atoms with van der Waals surface area (Å²) in [6.45, 7) is 13.5. The fourth-order valence-corrected chi connectivity index (χ4v) is 2.66. The summed E-state index contributed by atoms with van der Waals surface area (Å²) in [4.78, 5) is 2.41. The maximum absolute atomic E-state index is 3.44. The highest BCUT2D eigenvalue weighted by Crippen LogP contribution is 2.21. The van der Waals surface area contributed by atoms with Crippen LogP contribution in [0, 0.1) is 5.41 Å². The molecule has 0 heterocycles. The van der Waals surface area contributed by atoms with Gasteiger partial charge < -0.3 is 10.2 Å². The number of benzene rings is 1. The molecule has 1 aromatic rings. The molecule has 2 nitrogen and oxygen atoms in total. The normalized spacial score (nSPS) is 14.1. The summed E-state index contributed by atoms with van der Waals surface area (Å²) < 4.78 is 0. The van der Waals surface area contributed by atoms with E-state index in [1.807, 2.05) is 7.05 Å². The molecule has 0 aliphatic rings. The minimum Gasteiger partial charge on any atom is -0.312 e. The summed E-state index contributed by atoms with van der Waals surface area (Å²) >= 11 is 0. The van der Waals surface area contributed by atoms with Crippen molar-refractivity contribution in [2.45, 2.75) is 46.6 Å². The van der Waals surface area contributed by atoms with Crippen LogP contribution in [0.5, 0.6) is 0 Å². The van der Waals surface area contributed by atoms with Crippen LogP contribution in [0.4, 0.5) is 0 Å². The van der Waals surface area contributed by atoms with Crippen molar-refractivity contribution < 1.29 is 0 Å². The molecule has 0 fully saturated rings. The first-order chi connectivity index (χ1) is 9.23. The van der Waals surface area contributed by atoms with Crippen LogP contribution < -0.4 is 5.32 Å². The van der Waals surface area contributed by atoms with Gasteiger partial charge in [0, 0.05) is 19.1 Å². The molecule has 1 rings (SSSR count). The number of likely N-dealkylation sites (N-methyl/N-ethyl adjacent to an activating group) is 2. The van der Waals surface area contributed by atoms with Crippen LogP contribution in [0.25, 0.3) is 0 Å². The standard InChI is InChI=1S/C18H32N2/c1-14(2)15-8-10-16(11-9-15)17(19-6)12-20(7)13-18(3,4)5/h8-11,14,17,19H,12-13H2,1-7H3. The van der Waals surface area contributed by atoms with E-state index in [4.69, 9.17) is 0 Å². The summed E-state index contributed by atoms with van der Waals surface area (Å²) in [5.41, 5.74) is 3.12. The molecule has 0 saturated carbocycles. The van der Waals surface area contributed by atoms with Gasteiger partial charge in [0.2, 0.25) is 0 Å². The summed E-state index contributed by atoms with van der Waals surface area (Å²) in [5.74, 6) is 0.598. The minimum absolute atomic E-state index is 0.342. The highest BCUT2D eigenvalue weighted by atomic mass is 15.1. The number of nitrogens with zero attached hydrogens (tertiary/aromatic N) is 1. The molecule has 0 radical (unpaired) electrons. The number of hydrogen-bond acceptors (Lipinski definition) is 2. The highest BCUT2D eigenvalue weighted by molar-refractivity contribution is 5.27. The summed E-state index contributed by atoms with van der Waals surface area (Å²) in [7, 11) is 4.25. The molecular weight excluding hydrogens is 244 g/mol. The van der Waals surface area contributed by atoms with Crippen molar-refractivity contribution in [3.8, 4) is 0 Å². The number of nitrogens with one attached hydrogen (secondary N) is 1. The van der Waals surface area contributed by atoms with Gasteiger partial charge in [-0.1, -0.05) is 58.9 Å². The zero-order valence-electron chi connectivity index (χ0n) is 14.3. The van der Waals surface area contributed by atoms with E-state index in [0.29, 0.717) is 17.4 Å². The van der Waals surface area contributed by atoms with Crippen LogP contribution in [0.1, 0.15) is 57.7 Å². The van der Waals surface area contributed by atoms with E-state index in [0.717, 1.165) is 13.1 Å². The van der Waals surface area contributed by atoms with Gasteiger partial charge >= 0.3 is 0 Å². The van der Waals surface area contributed by atoms with E-state index in [1.54, 1.807) is 0 Å². The van der Waals surface area contributed by atoms with E-state index >= 15 is 0 Å². The van der Waals surface area contributed by atoms with Crippen LogP contribution in [0.3, 0.4) is 0 Å². The lowest BCUT2D eigenvalue weighted by Gasteiger charge is -2.30. The second-order valence-electron chi connectivity index (χ2n) is 7.42. The van der Waals surface area contributed by atoms with E-state index in [-0.39, 0.29) is 0 Å². The second-order valence-corrected chi connectivity index (χ2v) is 7.42. The fraction of sp³-hybridized carbons (Fsp3) is 0.667. The van der Waals surface area contributed by atoms with Crippen LogP contribution in [0.15, 0.2) is 24.3 Å². The van der Waals surface area contributed by atoms with Gasteiger partial charge in [0.05, 0.1) is 0 Å². The summed E-state index contributed by atoms with van der Waals surface area (Å²) in [6, 6.07) is 9.44. The molecule has 0 aliphatic heterocycles. The van der Waals surface area contributed by atoms with E-state index in [9.17, 15) is 0 Å². The van der Waals surface area contributed by atoms with Gasteiger partial charge in [-0.05, 0) is 36.6 Å². The molecule has 0 aliphatic carbocycles. The van der Waals surface area contributed by atoms with Crippen molar-refractivity contribution in [1.82, 2.24) is 10.2 Å². The fourth-order valence-electron chi connectivity index (χ4n) is 2.66. The Bertz CT molecular complexity index is 387. The Balaban J connectivity index is 2.70. The molecule has 20 heavy (non-hydrogen) atoms. The average Bonchev–Trinajstić information content (AvgIpc) is 2.34. The maximum atomic E-state index is 3.44. The zero-order chi connectivity index (χ0) is 15.3. The van der Waals surface area contributed by atoms with Crippen molar-refractivity contribution in [1.29, 1.82) is 0 Å². The van der Waals surface area contributed by atoms with Gasteiger partial charge in [0.25, 0.3) is 0 Å². The lowest BCUT2D eigenvalue weighted by Crippen LogP contribution is -2.36. The first-order valence-electron chi connectivity index (χ1n) is 7.68. The highest BCUT2D eigenvalue weighted by Gasteiger charge is 2.17. The Hall–Kier alpha value is -0.860. The molecule has 1 N–H and O–H groups in total. The van der Waals surface area contributed by atoms with E-state index < -0.39 is 0 Å². The molecule has 0 aromatic heterocycles. The quantitative estimate of drug-likeness (QED) is 0.843. The Kier molecular flexibility index (Phi) is 6.22. The van der Waals surface area contributed by atoms with Crippen molar-refractivity contribution in [2.24, 2.45) is 5.41 Å². The molecule has 0 bridgehead atoms. The third-order valence-electron chi connectivity index (χ3n) is 3.59. The Morgan fingerprint density at radius 1 is 1.05 bits per heavy atom. The smallest absolute Gasteiger partial charge is 0.0446 e. The molecule has 1 aromatic carbocycles. The molecule has 2 heteroatoms. The van der Waals surface area contributed by atoms with Crippen molar-refractivity contribution in [3.63, 3.8) is 0 Å². The molecule has 114 valence electrons. The predicted molar refractivity (Wildman–Crippen MR) is 89.3 cm³/mol. The van der Waals surface area contributed by atoms with E-state index in [2.05, 4.69) is 76.1 Å². The SMILES string of the molecule is CNC(CN(C)CC(C)(C)C)c1ccc(C(C)C)cc1. The topological polar surface area (TPSA) is 15.3 Å². The molecule has 0 amide bonds. The average molecular weight is 276 g/mol. The van der Waals surface area contributed by atoms with Crippen molar-refractivity contribution >= 4 is 0 Å². The van der Waals surface area contributed by atoms with Gasteiger partial charge in [0.1, 0.15) is 0 Å². The van der Waals surface area contributed by atoms with Crippen LogP contribution >= 0.6 is 0 Å². The predicted octanol–water partition coefficient (Wildman–Crippen LogP) is 4.05. The minimum atomic E-state index is 0.342. The molecule has 1 unspecified atom stereocenters. The summed E-state index contributed by atoms with van der Waals surface area (Å²) in [5, 5.41) is 3.44. The van der Waals surface area contributed by atoms with Crippen LogP contribution in [0.2, 0.25) is 0 Å². The second kappa shape index (κ2) is 7.24. The van der Waals surface area contributed by atoms with Gasteiger partial charge in [-0.3, -0.25) is 0 Å². The zero-order valence-corrected chi connectivity index (χ0v) is 14.3. The van der Waals surface area contributed by atoms with Crippen molar-refractivity contribution in [3.05, 3.63) is 35.4 Å².